The molecule has 1 aromatic carbocycles. The number of nitrogens with zero attached hydrogens (tertiary/aromatic N) is 3. The minimum atomic E-state index is -0.768. The molecule has 2 aromatic rings. The standard InChI is InChI=1S/C11H10ClN3O3/c12-9-3-1-8(2-4-9)10(16)5-14-6-11(13-7-14)15(17)18/h1-4,6-7,10,16H,5H2. The van der Waals surface area contributed by atoms with E-state index in [1.165, 1.54) is 17.1 Å². The van der Waals surface area contributed by atoms with E-state index in [0.717, 1.165) is 0 Å². The molecule has 1 unspecified atom stereocenters. The van der Waals surface area contributed by atoms with Crippen LogP contribution in [-0.4, -0.2) is 19.6 Å². The van der Waals surface area contributed by atoms with Crippen molar-refractivity contribution in [1.29, 1.82) is 0 Å². The van der Waals surface area contributed by atoms with Crippen LogP contribution >= 0.6 is 11.6 Å². The van der Waals surface area contributed by atoms with E-state index in [-0.39, 0.29) is 12.4 Å². The highest BCUT2D eigenvalue weighted by molar-refractivity contribution is 6.30. The normalized spacial score (nSPS) is 12.3. The highest BCUT2D eigenvalue weighted by Gasteiger charge is 2.13. The van der Waals surface area contributed by atoms with Crippen LogP contribution in [0.3, 0.4) is 0 Å². The molecule has 18 heavy (non-hydrogen) atoms. The lowest BCUT2D eigenvalue weighted by molar-refractivity contribution is -0.389. The molecule has 0 aliphatic heterocycles. The van der Waals surface area contributed by atoms with Crippen LogP contribution in [0.2, 0.25) is 5.02 Å². The number of imidazole rings is 1. The second-order valence-corrected chi connectivity index (χ2v) is 4.19. The molecule has 1 atom stereocenters. The van der Waals surface area contributed by atoms with Crippen molar-refractivity contribution in [3.63, 3.8) is 0 Å². The monoisotopic (exact) mass is 267 g/mol. The average Bonchev–Trinajstić information content (AvgIpc) is 2.78. The molecule has 0 bridgehead atoms. The van der Waals surface area contributed by atoms with Gasteiger partial charge in [-0.05, 0) is 27.6 Å². The summed E-state index contributed by atoms with van der Waals surface area (Å²) in [6.45, 7) is 0.197. The van der Waals surface area contributed by atoms with E-state index in [1.54, 1.807) is 24.3 Å². The number of halogens is 1. The Labute approximate surface area is 108 Å². The Kier molecular flexibility index (Phi) is 3.59. The van der Waals surface area contributed by atoms with Gasteiger partial charge in [-0.2, -0.15) is 0 Å². The molecule has 2 rings (SSSR count). The molecule has 0 aliphatic carbocycles. The van der Waals surface area contributed by atoms with Gasteiger partial charge in [-0.25, -0.2) is 0 Å². The second kappa shape index (κ2) is 5.16. The Morgan fingerprint density at radius 3 is 2.67 bits per heavy atom. The predicted molar refractivity (Wildman–Crippen MR) is 65.3 cm³/mol. The lowest BCUT2D eigenvalue weighted by Gasteiger charge is -2.10. The summed E-state index contributed by atoms with van der Waals surface area (Å²) in [5.41, 5.74) is 0.691. The number of hydrogen-bond acceptors (Lipinski definition) is 4. The lowest BCUT2D eigenvalue weighted by Crippen LogP contribution is -2.06. The number of rotatable bonds is 4. The summed E-state index contributed by atoms with van der Waals surface area (Å²) < 4.78 is 1.47. The number of nitro groups is 1. The molecule has 0 saturated carbocycles. The maximum absolute atomic E-state index is 10.5. The lowest BCUT2D eigenvalue weighted by atomic mass is 10.1. The largest absolute Gasteiger partial charge is 0.387 e. The molecule has 0 radical (unpaired) electrons. The molecule has 6 nitrogen and oxygen atoms in total. The van der Waals surface area contributed by atoms with E-state index < -0.39 is 11.0 Å². The fraction of sp³-hybridized carbons (Fsp3) is 0.182. The van der Waals surface area contributed by atoms with Crippen LogP contribution in [0.4, 0.5) is 5.82 Å². The Morgan fingerprint density at radius 2 is 2.11 bits per heavy atom. The van der Waals surface area contributed by atoms with Gasteiger partial charge in [0.15, 0.2) is 0 Å². The molecule has 1 aromatic heterocycles. The van der Waals surface area contributed by atoms with Gasteiger partial charge in [-0.3, -0.25) is 0 Å². The Morgan fingerprint density at radius 1 is 1.44 bits per heavy atom. The van der Waals surface area contributed by atoms with Crippen LogP contribution in [0.25, 0.3) is 0 Å². The van der Waals surface area contributed by atoms with Gasteiger partial charge < -0.3 is 19.8 Å². The first-order valence-electron chi connectivity index (χ1n) is 5.16. The van der Waals surface area contributed by atoms with Gasteiger partial charge in [0.1, 0.15) is 6.20 Å². The molecule has 0 aliphatic rings. The zero-order chi connectivity index (χ0) is 13.1. The van der Waals surface area contributed by atoms with Gasteiger partial charge in [0.05, 0.1) is 12.6 Å². The zero-order valence-corrected chi connectivity index (χ0v) is 9.99. The summed E-state index contributed by atoms with van der Waals surface area (Å²) in [6.07, 6.45) is 1.83. The number of benzene rings is 1. The zero-order valence-electron chi connectivity index (χ0n) is 9.23. The van der Waals surface area contributed by atoms with Crippen LogP contribution < -0.4 is 0 Å². The van der Waals surface area contributed by atoms with Crippen LogP contribution in [0.15, 0.2) is 36.8 Å². The van der Waals surface area contributed by atoms with Crippen LogP contribution in [-0.2, 0) is 6.54 Å². The van der Waals surface area contributed by atoms with Crippen molar-refractivity contribution < 1.29 is 10.0 Å². The molecule has 1 heterocycles. The first kappa shape index (κ1) is 12.5. The van der Waals surface area contributed by atoms with Crippen molar-refractivity contribution in [2.45, 2.75) is 12.6 Å². The topological polar surface area (TPSA) is 81.2 Å². The highest BCUT2D eigenvalue weighted by Crippen LogP contribution is 2.18. The van der Waals surface area contributed by atoms with Crippen LogP contribution in [0, 0.1) is 10.1 Å². The summed E-state index contributed by atoms with van der Waals surface area (Å²) in [5, 5.41) is 21.0. The van der Waals surface area contributed by atoms with Gasteiger partial charge >= 0.3 is 5.82 Å². The molecule has 0 fully saturated rings. The summed E-state index contributed by atoms with van der Waals surface area (Å²) in [7, 11) is 0. The van der Waals surface area contributed by atoms with Crippen LogP contribution in [0.5, 0.6) is 0 Å². The molecule has 94 valence electrons. The number of hydrogen-bond donors (Lipinski definition) is 1. The summed E-state index contributed by atoms with van der Waals surface area (Å²) >= 11 is 5.74. The van der Waals surface area contributed by atoms with Crippen molar-refractivity contribution in [3.05, 3.63) is 57.5 Å². The maximum atomic E-state index is 10.5. The van der Waals surface area contributed by atoms with Crippen molar-refractivity contribution in [2.24, 2.45) is 0 Å². The fourth-order valence-electron chi connectivity index (χ4n) is 1.53. The third-order valence-electron chi connectivity index (χ3n) is 2.45. The second-order valence-electron chi connectivity index (χ2n) is 3.75. The summed E-state index contributed by atoms with van der Waals surface area (Å²) in [5.74, 6) is -0.238. The third kappa shape index (κ3) is 2.85. The number of aromatic nitrogens is 2. The molecule has 0 amide bonds. The van der Waals surface area contributed by atoms with Crippen LogP contribution in [0.1, 0.15) is 11.7 Å². The van der Waals surface area contributed by atoms with E-state index in [2.05, 4.69) is 4.98 Å². The van der Waals surface area contributed by atoms with E-state index in [9.17, 15) is 15.2 Å². The van der Waals surface area contributed by atoms with Gasteiger partial charge in [0.25, 0.3) is 0 Å². The third-order valence-corrected chi connectivity index (χ3v) is 2.70. The average molecular weight is 268 g/mol. The smallest absolute Gasteiger partial charge is 0.381 e. The van der Waals surface area contributed by atoms with E-state index in [1.807, 2.05) is 0 Å². The minimum Gasteiger partial charge on any atom is -0.387 e. The van der Waals surface area contributed by atoms with Gasteiger partial charge in [-0.15, -0.1) is 0 Å². The molecular weight excluding hydrogens is 258 g/mol. The quantitative estimate of drug-likeness (QED) is 0.680. The van der Waals surface area contributed by atoms with Gasteiger partial charge in [0, 0.05) is 5.02 Å². The molecular formula is C11H10ClN3O3. The Balaban J connectivity index is 2.08. The maximum Gasteiger partial charge on any atom is 0.381 e. The van der Waals surface area contributed by atoms with Crippen molar-refractivity contribution >= 4 is 17.4 Å². The van der Waals surface area contributed by atoms with E-state index in [0.29, 0.717) is 10.6 Å². The molecule has 1 N–H and O–H groups in total. The highest BCUT2D eigenvalue weighted by atomic mass is 35.5. The van der Waals surface area contributed by atoms with Gasteiger partial charge in [0.2, 0.25) is 6.33 Å². The van der Waals surface area contributed by atoms with E-state index in [4.69, 9.17) is 11.6 Å². The SMILES string of the molecule is O=[N+]([O-])c1cn(CC(O)c2ccc(Cl)cc2)cn1. The first-order chi connectivity index (χ1) is 8.56. The Bertz CT molecular complexity index is 553. The number of aliphatic hydroxyl groups excluding tert-OH is 1. The number of aliphatic hydroxyl groups is 1. The molecule has 7 heteroatoms. The van der Waals surface area contributed by atoms with Crippen molar-refractivity contribution in [3.8, 4) is 0 Å². The molecule has 0 spiro atoms. The first-order valence-corrected chi connectivity index (χ1v) is 5.54. The van der Waals surface area contributed by atoms with E-state index >= 15 is 0 Å². The molecule has 0 saturated heterocycles. The predicted octanol–water partition coefficient (Wildman–Crippen LogP) is 2.18. The van der Waals surface area contributed by atoms with Gasteiger partial charge in [-0.1, -0.05) is 23.7 Å². The fourth-order valence-corrected chi connectivity index (χ4v) is 1.66. The van der Waals surface area contributed by atoms with Crippen molar-refractivity contribution in [1.82, 2.24) is 9.55 Å². The summed E-state index contributed by atoms with van der Waals surface area (Å²) in [6, 6.07) is 6.77. The Hall–Kier alpha value is -1.92. The summed E-state index contributed by atoms with van der Waals surface area (Å²) in [4.78, 5) is 13.5. The minimum absolute atomic E-state index is 0.197. The van der Waals surface area contributed by atoms with Crippen molar-refractivity contribution in [2.75, 3.05) is 0 Å².